The van der Waals surface area contributed by atoms with Crippen molar-refractivity contribution >= 4 is 40.4 Å². The van der Waals surface area contributed by atoms with E-state index in [9.17, 15) is 9.90 Å². The van der Waals surface area contributed by atoms with E-state index in [0.29, 0.717) is 14.2 Å². The zero-order valence-corrected chi connectivity index (χ0v) is 12.3. The van der Waals surface area contributed by atoms with Gasteiger partial charge in [0.2, 0.25) is 0 Å². The first-order valence-corrected chi connectivity index (χ1v) is 7.40. The first-order valence-electron chi connectivity index (χ1n) is 5.83. The van der Waals surface area contributed by atoms with Crippen LogP contribution in [0.1, 0.15) is 36.5 Å². The van der Waals surface area contributed by atoms with Crippen molar-refractivity contribution in [2.75, 3.05) is 6.61 Å². The van der Waals surface area contributed by atoms with E-state index >= 15 is 0 Å². The molecule has 1 fully saturated rings. The van der Waals surface area contributed by atoms with Crippen LogP contribution in [0.15, 0.2) is 6.07 Å². The molecule has 1 aromatic heterocycles. The molecule has 0 saturated heterocycles. The number of aliphatic hydroxyl groups is 1. The van der Waals surface area contributed by atoms with Crippen LogP contribution in [-0.4, -0.2) is 23.7 Å². The Morgan fingerprint density at radius 2 is 2.39 bits per heavy atom. The Labute approximate surface area is 120 Å². The Hall–Kier alpha value is -0.290. The van der Waals surface area contributed by atoms with E-state index in [0.717, 1.165) is 19.3 Å². The molecule has 100 valence electrons. The number of hydrogen-bond donors (Lipinski definition) is 2. The molecule has 0 bridgehead atoms. The summed E-state index contributed by atoms with van der Waals surface area (Å²) in [4.78, 5) is 12.1. The highest BCUT2D eigenvalue weighted by Crippen LogP contribution is 2.38. The molecule has 0 aromatic carbocycles. The molecule has 1 saturated carbocycles. The van der Waals surface area contributed by atoms with E-state index < -0.39 is 0 Å². The summed E-state index contributed by atoms with van der Waals surface area (Å²) in [5.41, 5.74) is 0.181. The standard InChI is InChI=1S/C12H15Cl2NO2S/c1-12(6-16)4-2-3-8(12)15-11(17)7-5-9(13)18-10(7)14/h5,8,16H,2-4,6H2,1H3,(H,15,17). The van der Waals surface area contributed by atoms with E-state index in [4.69, 9.17) is 23.2 Å². The van der Waals surface area contributed by atoms with Crippen LogP contribution in [0.25, 0.3) is 0 Å². The van der Waals surface area contributed by atoms with Crippen LogP contribution in [0.5, 0.6) is 0 Å². The second-order valence-electron chi connectivity index (χ2n) is 4.97. The van der Waals surface area contributed by atoms with Crippen molar-refractivity contribution in [1.82, 2.24) is 5.32 Å². The van der Waals surface area contributed by atoms with Crippen molar-refractivity contribution in [3.05, 3.63) is 20.3 Å². The molecule has 0 spiro atoms. The number of aliphatic hydroxyl groups excluding tert-OH is 1. The minimum atomic E-state index is -0.234. The minimum absolute atomic E-state index is 0.00950. The van der Waals surface area contributed by atoms with Crippen LogP contribution in [-0.2, 0) is 0 Å². The fourth-order valence-corrected chi connectivity index (χ4v) is 3.86. The summed E-state index contributed by atoms with van der Waals surface area (Å²) in [7, 11) is 0. The van der Waals surface area contributed by atoms with Gasteiger partial charge in [-0.1, -0.05) is 36.5 Å². The van der Waals surface area contributed by atoms with Crippen molar-refractivity contribution in [3.63, 3.8) is 0 Å². The zero-order valence-electron chi connectivity index (χ0n) is 10.0. The fraction of sp³-hybridized carbons (Fsp3) is 0.583. The normalized spacial score (nSPS) is 27.4. The third-order valence-corrected chi connectivity index (χ3v) is 5.14. The number of carbonyl (C=O) groups excluding carboxylic acids is 1. The number of hydrogen-bond acceptors (Lipinski definition) is 3. The van der Waals surface area contributed by atoms with Crippen LogP contribution in [0.3, 0.4) is 0 Å². The highest BCUT2D eigenvalue weighted by Gasteiger charge is 2.39. The molecule has 3 nitrogen and oxygen atoms in total. The lowest BCUT2D eigenvalue weighted by Crippen LogP contribution is -2.44. The molecule has 2 rings (SSSR count). The molecule has 1 aliphatic rings. The Kier molecular flexibility index (Phi) is 4.22. The first kappa shape index (κ1) is 14.1. The summed E-state index contributed by atoms with van der Waals surface area (Å²) in [6.45, 7) is 2.07. The topological polar surface area (TPSA) is 49.3 Å². The average Bonchev–Trinajstić information content (AvgIpc) is 2.84. The number of carbonyl (C=O) groups is 1. The van der Waals surface area contributed by atoms with Gasteiger partial charge in [-0.25, -0.2) is 0 Å². The van der Waals surface area contributed by atoms with Gasteiger partial charge in [-0.05, 0) is 18.9 Å². The molecule has 1 aliphatic carbocycles. The summed E-state index contributed by atoms with van der Waals surface area (Å²) in [5, 5.41) is 12.4. The molecule has 0 aliphatic heterocycles. The first-order chi connectivity index (χ1) is 8.46. The fourth-order valence-electron chi connectivity index (χ4n) is 2.40. The van der Waals surface area contributed by atoms with Gasteiger partial charge in [-0.2, -0.15) is 0 Å². The summed E-state index contributed by atoms with van der Waals surface area (Å²) >= 11 is 13.0. The molecule has 1 aromatic rings. The molecule has 6 heteroatoms. The van der Waals surface area contributed by atoms with Crippen LogP contribution in [0.4, 0.5) is 0 Å². The number of amides is 1. The van der Waals surface area contributed by atoms with E-state index in [1.54, 1.807) is 6.07 Å². The van der Waals surface area contributed by atoms with Crippen LogP contribution >= 0.6 is 34.5 Å². The Morgan fingerprint density at radius 3 is 2.94 bits per heavy atom. The van der Waals surface area contributed by atoms with Crippen molar-refractivity contribution in [1.29, 1.82) is 0 Å². The number of halogens is 2. The maximum atomic E-state index is 12.1. The molecule has 1 heterocycles. The number of thiophene rings is 1. The lowest BCUT2D eigenvalue weighted by Gasteiger charge is -2.30. The molecular formula is C12H15Cl2NO2S. The second-order valence-corrected chi connectivity index (χ2v) is 7.25. The molecule has 2 N–H and O–H groups in total. The average molecular weight is 308 g/mol. The smallest absolute Gasteiger partial charge is 0.253 e. The van der Waals surface area contributed by atoms with Crippen LogP contribution in [0, 0.1) is 5.41 Å². The van der Waals surface area contributed by atoms with Crippen molar-refractivity contribution < 1.29 is 9.90 Å². The second kappa shape index (κ2) is 5.37. The van der Waals surface area contributed by atoms with Gasteiger partial charge in [-0.15, -0.1) is 11.3 Å². The highest BCUT2D eigenvalue weighted by molar-refractivity contribution is 7.20. The quantitative estimate of drug-likeness (QED) is 0.900. The lowest BCUT2D eigenvalue weighted by molar-refractivity contribution is 0.0831. The van der Waals surface area contributed by atoms with Gasteiger partial charge < -0.3 is 10.4 Å². The van der Waals surface area contributed by atoms with Gasteiger partial charge in [0.05, 0.1) is 16.5 Å². The largest absolute Gasteiger partial charge is 0.396 e. The maximum absolute atomic E-state index is 12.1. The monoisotopic (exact) mass is 307 g/mol. The van der Waals surface area contributed by atoms with Crippen molar-refractivity contribution in [3.8, 4) is 0 Å². The highest BCUT2D eigenvalue weighted by atomic mass is 35.5. The van der Waals surface area contributed by atoms with Gasteiger partial charge in [0, 0.05) is 11.5 Å². The molecule has 2 atom stereocenters. The van der Waals surface area contributed by atoms with Gasteiger partial charge >= 0.3 is 0 Å². The molecular weight excluding hydrogens is 293 g/mol. The Morgan fingerprint density at radius 1 is 1.67 bits per heavy atom. The van der Waals surface area contributed by atoms with Gasteiger partial charge in [-0.3, -0.25) is 4.79 Å². The van der Waals surface area contributed by atoms with Gasteiger partial charge in [0.15, 0.2) is 0 Å². The van der Waals surface area contributed by atoms with Crippen LogP contribution in [0.2, 0.25) is 8.67 Å². The molecule has 18 heavy (non-hydrogen) atoms. The minimum Gasteiger partial charge on any atom is -0.396 e. The van der Waals surface area contributed by atoms with Crippen molar-refractivity contribution in [2.24, 2.45) is 5.41 Å². The third kappa shape index (κ3) is 2.67. The predicted octanol–water partition coefficient (Wildman–Crippen LogP) is 3.34. The Balaban J connectivity index is 2.10. The van der Waals surface area contributed by atoms with Crippen molar-refractivity contribution in [2.45, 2.75) is 32.2 Å². The maximum Gasteiger partial charge on any atom is 0.253 e. The number of rotatable bonds is 3. The number of nitrogens with one attached hydrogen (secondary N) is 1. The summed E-state index contributed by atoms with van der Waals surface area (Å²) < 4.78 is 0.905. The Bertz CT molecular complexity index is 463. The molecule has 2 unspecified atom stereocenters. The third-order valence-electron chi connectivity index (χ3n) is 3.65. The summed E-state index contributed by atoms with van der Waals surface area (Å²) in [6, 6.07) is 1.57. The van der Waals surface area contributed by atoms with E-state index in [1.165, 1.54) is 11.3 Å². The van der Waals surface area contributed by atoms with E-state index in [-0.39, 0.29) is 24.0 Å². The van der Waals surface area contributed by atoms with Gasteiger partial charge in [0.25, 0.3) is 5.91 Å². The summed E-state index contributed by atoms with van der Waals surface area (Å²) in [5.74, 6) is -0.213. The molecule has 1 amide bonds. The SMILES string of the molecule is CC1(CO)CCCC1NC(=O)c1cc(Cl)sc1Cl. The van der Waals surface area contributed by atoms with Crippen LogP contribution < -0.4 is 5.32 Å². The lowest BCUT2D eigenvalue weighted by atomic mass is 9.85. The van der Waals surface area contributed by atoms with Gasteiger partial charge in [0.1, 0.15) is 4.34 Å². The predicted molar refractivity (Wildman–Crippen MR) is 74.6 cm³/mol. The zero-order chi connectivity index (χ0) is 13.3. The van der Waals surface area contributed by atoms with E-state index in [2.05, 4.69) is 5.32 Å². The summed E-state index contributed by atoms with van der Waals surface area (Å²) in [6.07, 6.45) is 2.82. The molecule has 0 radical (unpaired) electrons. The van der Waals surface area contributed by atoms with E-state index in [1.807, 2.05) is 6.92 Å².